The minimum Gasteiger partial charge on any atom is -0.480 e. The number of aliphatic carboxylic acids is 1. The minimum absolute atomic E-state index is 0.0386. The van der Waals surface area contributed by atoms with Crippen LogP contribution in [0.3, 0.4) is 0 Å². The zero-order valence-corrected chi connectivity index (χ0v) is 16.0. The van der Waals surface area contributed by atoms with Crippen LogP contribution in [0.1, 0.15) is 33.5 Å². The lowest BCUT2D eigenvalue weighted by molar-refractivity contribution is -0.139. The summed E-state index contributed by atoms with van der Waals surface area (Å²) in [5.74, 6) is -0.444. The molecule has 0 aliphatic heterocycles. The molecule has 0 aliphatic rings. The standard InChI is InChI=1S/C13H19Br2N3O4/c1-5-8-17-9(14)10(15)18(8)6-7(11(19)20)16-12(21)22-13(2,3)4/h7H,5-6H2,1-4H3,(H,16,21)(H,19,20). The molecule has 1 atom stereocenters. The zero-order valence-electron chi connectivity index (χ0n) is 12.8. The molecule has 0 bridgehead atoms. The van der Waals surface area contributed by atoms with Gasteiger partial charge >= 0.3 is 12.1 Å². The summed E-state index contributed by atoms with van der Waals surface area (Å²) in [6, 6.07) is -1.13. The normalized spacial score (nSPS) is 12.8. The Morgan fingerprint density at radius 3 is 2.45 bits per heavy atom. The maximum Gasteiger partial charge on any atom is 0.408 e. The Morgan fingerprint density at radius 1 is 1.41 bits per heavy atom. The molecule has 0 aliphatic carbocycles. The Bertz CT molecular complexity index is 566. The van der Waals surface area contributed by atoms with E-state index >= 15 is 0 Å². The Hall–Kier alpha value is -1.09. The fourth-order valence-corrected chi connectivity index (χ4v) is 2.57. The van der Waals surface area contributed by atoms with E-state index in [1.54, 1.807) is 25.3 Å². The number of ether oxygens (including phenoxy) is 1. The van der Waals surface area contributed by atoms with E-state index in [2.05, 4.69) is 42.2 Å². The van der Waals surface area contributed by atoms with Gasteiger partial charge in [0, 0.05) is 6.42 Å². The Kier molecular flexibility index (Phi) is 6.42. The van der Waals surface area contributed by atoms with E-state index in [1.807, 2.05) is 6.92 Å². The second-order valence-corrected chi connectivity index (χ2v) is 7.11. The number of hydrogen-bond acceptors (Lipinski definition) is 4. The monoisotopic (exact) mass is 439 g/mol. The molecule has 1 heterocycles. The van der Waals surface area contributed by atoms with Crippen molar-refractivity contribution in [2.75, 3.05) is 0 Å². The number of carboxylic acid groups (broad SMARTS) is 1. The smallest absolute Gasteiger partial charge is 0.408 e. The number of carbonyl (C=O) groups excluding carboxylic acids is 1. The average Bonchev–Trinajstić information content (AvgIpc) is 2.63. The number of nitrogens with one attached hydrogen (secondary N) is 1. The summed E-state index contributed by atoms with van der Waals surface area (Å²) < 4.78 is 8.00. The predicted molar refractivity (Wildman–Crippen MR) is 87.8 cm³/mol. The van der Waals surface area contributed by atoms with E-state index in [0.717, 1.165) is 0 Å². The highest BCUT2D eigenvalue weighted by Gasteiger charge is 2.26. The number of carbonyl (C=O) groups is 2. The fourth-order valence-electron chi connectivity index (χ4n) is 1.72. The van der Waals surface area contributed by atoms with Gasteiger partial charge in [-0.1, -0.05) is 6.92 Å². The first-order chi connectivity index (χ1) is 10.0. The van der Waals surface area contributed by atoms with Crippen LogP contribution in [0.2, 0.25) is 0 Å². The van der Waals surface area contributed by atoms with Gasteiger partial charge in [-0.3, -0.25) is 0 Å². The molecule has 1 amide bonds. The number of carboxylic acids is 1. The molecule has 22 heavy (non-hydrogen) atoms. The lowest BCUT2D eigenvalue weighted by atomic mass is 10.2. The van der Waals surface area contributed by atoms with Crippen LogP contribution in [0.15, 0.2) is 9.21 Å². The van der Waals surface area contributed by atoms with Crippen LogP contribution in [0.25, 0.3) is 0 Å². The summed E-state index contributed by atoms with van der Waals surface area (Å²) in [7, 11) is 0. The van der Waals surface area contributed by atoms with Gasteiger partial charge in [0.25, 0.3) is 0 Å². The second-order valence-electron chi connectivity index (χ2n) is 5.61. The SMILES string of the molecule is CCc1nc(Br)c(Br)n1CC(NC(=O)OC(C)(C)C)C(=O)O. The summed E-state index contributed by atoms with van der Waals surface area (Å²) in [4.78, 5) is 27.4. The molecule has 0 fully saturated rings. The molecule has 0 saturated heterocycles. The van der Waals surface area contributed by atoms with Gasteiger partial charge < -0.3 is 19.7 Å². The number of hydrogen-bond donors (Lipinski definition) is 2. The molecule has 7 nitrogen and oxygen atoms in total. The van der Waals surface area contributed by atoms with Crippen molar-refractivity contribution in [3.8, 4) is 0 Å². The van der Waals surface area contributed by atoms with Gasteiger partial charge in [0.05, 0.1) is 6.54 Å². The van der Waals surface area contributed by atoms with Gasteiger partial charge in [-0.05, 0) is 52.6 Å². The molecule has 1 aromatic rings. The molecule has 2 N–H and O–H groups in total. The first-order valence-corrected chi connectivity index (χ1v) is 8.26. The van der Waals surface area contributed by atoms with Crippen molar-refractivity contribution in [1.29, 1.82) is 0 Å². The molecule has 1 rings (SSSR count). The molecule has 0 aromatic carbocycles. The number of imidazole rings is 1. The molecule has 1 unspecified atom stereocenters. The molecule has 0 spiro atoms. The van der Waals surface area contributed by atoms with E-state index in [4.69, 9.17) is 4.74 Å². The van der Waals surface area contributed by atoms with Gasteiger partial charge in [0.2, 0.25) is 0 Å². The van der Waals surface area contributed by atoms with E-state index in [9.17, 15) is 14.7 Å². The van der Waals surface area contributed by atoms with Gasteiger partial charge in [-0.25, -0.2) is 14.6 Å². The number of aromatic nitrogens is 2. The highest BCUT2D eigenvalue weighted by molar-refractivity contribution is 9.13. The molecule has 124 valence electrons. The Balaban J connectivity index is 2.90. The maximum absolute atomic E-state index is 11.8. The fraction of sp³-hybridized carbons (Fsp3) is 0.615. The van der Waals surface area contributed by atoms with Crippen LogP contribution in [0.4, 0.5) is 4.79 Å². The largest absolute Gasteiger partial charge is 0.480 e. The highest BCUT2D eigenvalue weighted by Crippen LogP contribution is 2.24. The van der Waals surface area contributed by atoms with Crippen molar-refractivity contribution in [3.63, 3.8) is 0 Å². The third-order valence-electron chi connectivity index (χ3n) is 2.62. The molecule has 0 radical (unpaired) electrons. The Labute approximate surface area is 145 Å². The lowest BCUT2D eigenvalue weighted by Crippen LogP contribution is -2.46. The summed E-state index contributed by atoms with van der Waals surface area (Å²) in [6.07, 6.45) is -0.142. The van der Waals surface area contributed by atoms with Crippen LogP contribution < -0.4 is 5.32 Å². The van der Waals surface area contributed by atoms with Crippen molar-refractivity contribution in [3.05, 3.63) is 15.0 Å². The molecule has 0 saturated carbocycles. The van der Waals surface area contributed by atoms with Gasteiger partial charge in [0.15, 0.2) is 0 Å². The van der Waals surface area contributed by atoms with E-state index < -0.39 is 23.7 Å². The van der Waals surface area contributed by atoms with E-state index in [-0.39, 0.29) is 6.54 Å². The first kappa shape index (κ1) is 19.0. The summed E-state index contributed by atoms with van der Waals surface area (Å²) in [5, 5.41) is 11.7. The summed E-state index contributed by atoms with van der Waals surface area (Å²) >= 11 is 6.64. The van der Waals surface area contributed by atoms with Crippen molar-refractivity contribution < 1.29 is 19.4 Å². The number of aryl methyl sites for hydroxylation is 1. The zero-order chi connectivity index (χ0) is 17.1. The summed E-state index contributed by atoms with van der Waals surface area (Å²) in [6.45, 7) is 7.08. The average molecular weight is 441 g/mol. The molecule has 1 aromatic heterocycles. The van der Waals surface area contributed by atoms with Gasteiger partial charge in [0.1, 0.15) is 26.7 Å². The van der Waals surface area contributed by atoms with Crippen molar-refractivity contribution >= 4 is 43.9 Å². The summed E-state index contributed by atoms with van der Waals surface area (Å²) in [5.41, 5.74) is -0.694. The molecular weight excluding hydrogens is 422 g/mol. The van der Waals surface area contributed by atoms with Crippen LogP contribution >= 0.6 is 31.9 Å². The van der Waals surface area contributed by atoms with Crippen LogP contribution in [-0.2, 0) is 22.5 Å². The number of rotatable bonds is 5. The number of nitrogens with zero attached hydrogens (tertiary/aromatic N) is 2. The second kappa shape index (κ2) is 7.45. The highest BCUT2D eigenvalue weighted by atomic mass is 79.9. The van der Waals surface area contributed by atoms with Crippen molar-refractivity contribution in [2.45, 2.75) is 52.3 Å². The first-order valence-electron chi connectivity index (χ1n) is 6.67. The third kappa shape index (κ3) is 5.28. The predicted octanol–water partition coefficient (Wildman–Crippen LogP) is 2.95. The van der Waals surface area contributed by atoms with E-state index in [1.165, 1.54) is 0 Å². The number of alkyl carbamates (subject to hydrolysis) is 1. The maximum atomic E-state index is 11.8. The lowest BCUT2D eigenvalue weighted by Gasteiger charge is -2.22. The topological polar surface area (TPSA) is 93.5 Å². The van der Waals surface area contributed by atoms with Crippen LogP contribution in [0.5, 0.6) is 0 Å². The third-order valence-corrected chi connectivity index (χ3v) is 4.51. The molecule has 9 heteroatoms. The van der Waals surface area contributed by atoms with Crippen molar-refractivity contribution in [2.24, 2.45) is 0 Å². The van der Waals surface area contributed by atoms with Gasteiger partial charge in [-0.15, -0.1) is 0 Å². The Morgan fingerprint density at radius 2 is 2.00 bits per heavy atom. The quantitative estimate of drug-likeness (QED) is 0.734. The minimum atomic E-state index is -1.15. The van der Waals surface area contributed by atoms with E-state index in [0.29, 0.717) is 21.5 Å². The number of amides is 1. The molecular formula is C13H19Br2N3O4. The van der Waals surface area contributed by atoms with Crippen LogP contribution in [0, 0.1) is 0 Å². The van der Waals surface area contributed by atoms with Gasteiger partial charge in [-0.2, -0.15) is 0 Å². The van der Waals surface area contributed by atoms with Crippen molar-refractivity contribution in [1.82, 2.24) is 14.9 Å². The van der Waals surface area contributed by atoms with Crippen LogP contribution in [-0.4, -0.2) is 38.4 Å². The number of halogens is 2.